The molecule has 294 valence electrons. The number of carbonyl (C=O) groups excluding carboxylic acids is 2. The lowest BCUT2D eigenvalue weighted by molar-refractivity contribution is -0.231. The van der Waals surface area contributed by atoms with Crippen LogP contribution in [0.15, 0.2) is 60.9 Å². The fourth-order valence-electron chi connectivity index (χ4n) is 6.37. The Labute approximate surface area is 319 Å². The number of amides is 2. The number of nitrogens with zero attached hydrogens (tertiary/aromatic N) is 5. The number of hydrogen-bond donors (Lipinski definition) is 5. The molecule has 19 heteroatoms. The van der Waals surface area contributed by atoms with Crippen molar-refractivity contribution in [1.29, 1.82) is 0 Å². The second kappa shape index (κ2) is 17.5. The highest BCUT2D eigenvalue weighted by Crippen LogP contribution is 2.42. The molecular formula is C36H40ClF4N9O5. The van der Waals surface area contributed by atoms with Crippen LogP contribution >= 0.6 is 12.4 Å². The Morgan fingerprint density at radius 1 is 0.927 bits per heavy atom. The molecule has 2 amide bonds. The molecule has 55 heavy (non-hydrogen) atoms. The molecule has 0 radical (unpaired) electrons. The Morgan fingerprint density at radius 3 is 2.15 bits per heavy atom. The van der Waals surface area contributed by atoms with Gasteiger partial charge in [-0.2, -0.15) is 22.7 Å². The van der Waals surface area contributed by atoms with Crippen molar-refractivity contribution < 1.29 is 41.8 Å². The van der Waals surface area contributed by atoms with E-state index in [1.165, 1.54) is 24.3 Å². The van der Waals surface area contributed by atoms with E-state index in [1.54, 1.807) is 12.4 Å². The molecule has 0 bridgehead atoms. The van der Waals surface area contributed by atoms with Gasteiger partial charge in [0.1, 0.15) is 6.04 Å². The summed E-state index contributed by atoms with van der Waals surface area (Å²) in [5.41, 5.74) is 8.70. The van der Waals surface area contributed by atoms with Crippen LogP contribution in [0.1, 0.15) is 37.1 Å². The van der Waals surface area contributed by atoms with Gasteiger partial charge in [0.15, 0.2) is 5.82 Å². The van der Waals surface area contributed by atoms with E-state index in [0.717, 1.165) is 42.6 Å². The van der Waals surface area contributed by atoms with Gasteiger partial charge in [0.2, 0.25) is 23.6 Å². The number of aromatic amines is 1. The zero-order valence-electron chi connectivity index (χ0n) is 29.4. The minimum atomic E-state index is -5.44. The Kier molecular flexibility index (Phi) is 13.0. The molecule has 1 saturated carbocycles. The highest BCUT2D eigenvalue weighted by molar-refractivity contribution is 5.97. The highest BCUT2D eigenvalue weighted by atomic mass is 35.5. The normalized spacial score (nSPS) is 18.2. The fraction of sp³-hybridized carbons (Fsp3) is 0.417. The first-order chi connectivity index (χ1) is 25.8. The third-order valence-corrected chi connectivity index (χ3v) is 9.70. The van der Waals surface area contributed by atoms with Gasteiger partial charge in [-0.05, 0) is 73.5 Å². The van der Waals surface area contributed by atoms with Crippen molar-refractivity contribution in [2.24, 2.45) is 17.6 Å². The summed E-state index contributed by atoms with van der Waals surface area (Å²) < 4.78 is 61.1. The van der Waals surface area contributed by atoms with Crippen LogP contribution in [-0.4, -0.2) is 92.9 Å². The number of H-pyrrole nitrogens is 1. The van der Waals surface area contributed by atoms with Crippen molar-refractivity contribution in [3.8, 4) is 22.5 Å². The van der Waals surface area contributed by atoms with E-state index >= 15 is 0 Å². The maximum atomic E-state index is 14.2. The number of nitrogens with two attached hydrogens (primary N) is 1. The van der Waals surface area contributed by atoms with Crippen LogP contribution in [0.25, 0.3) is 22.5 Å². The largest absolute Gasteiger partial charge is 0.477 e. The maximum Gasteiger partial charge on any atom is 0.411 e. The topological polar surface area (TPSA) is 201 Å². The van der Waals surface area contributed by atoms with Crippen LogP contribution in [0.4, 0.5) is 29.2 Å². The van der Waals surface area contributed by atoms with Crippen molar-refractivity contribution in [3.63, 3.8) is 0 Å². The minimum absolute atomic E-state index is 0. The van der Waals surface area contributed by atoms with Gasteiger partial charge in [-0.15, -0.1) is 12.4 Å². The molecule has 0 spiro atoms. The molecule has 14 nitrogen and oxygen atoms in total. The number of halogens is 5. The van der Waals surface area contributed by atoms with E-state index in [9.17, 15) is 31.9 Å². The predicted molar refractivity (Wildman–Crippen MR) is 195 cm³/mol. The fourth-order valence-corrected chi connectivity index (χ4v) is 6.37. The number of nitrogens with one attached hydrogen (secondary N) is 3. The number of carboxylic acid groups (broad SMARTS) is 1. The Morgan fingerprint density at radius 2 is 1.55 bits per heavy atom. The molecule has 1 saturated heterocycles. The van der Waals surface area contributed by atoms with Crippen LogP contribution in [0.5, 0.6) is 0 Å². The van der Waals surface area contributed by atoms with Crippen LogP contribution in [0, 0.1) is 11.8 Å². The monoisotopic (exact) mass is 789 g/mol. The number of alkyl halides is 4. The number of aliphatic carboxylic acids is 1. The van der Waals surface area contributed by atoms with Gasteiger partial charge < -0.3 is 31.1 Å². The summed E-state index contributed by atoms with van der Waals surface area (Å²) in [5.74, 6) is -15.7. The summed E-state index contributed by atoms with van der Waals surface area (Å²) >= 11 is 0. The van der Waals surface area contributed by atoms with E-state index < -0.39 is 35.6 Å². The second-order valence-electron chi connectivity index (χ2n) is 13.3. The molecule has 1 aliphatic carbocycles. The average molecular weight is 790 g/mol. The number of benzene rings is 2. The Balaban J connectivity index is 0.00000580. The number of anilines is 2. The van der Waals surface area contributed by atoms with Gasteiger partial charge in [-0.3, -0.25) is 14.7 Å². The first kappa shape index (κ1) is 41.0. The van der Waals surface area contributed by atoms with Crippen molar-refractivity contribution in [2.45, 2.75) is 50.0 Å². The van der Waals surface area contributed by atoms with Crippen LogP contribution in [0.3, 0.4) is 0 Å². The minimum Gasteiger partial charge on any atom is -0.477 e. The second-order valence-corrected chi connectivity index (χ2v) is 13.3. The lowest BCUT2D eigenvalue weighted by atomic mass is 9.81. The molecule has 1 aliphatic heterocycles. The van der Waals surface area contributed by atoms with Crippen molar-refractivity contribution in [2.75, 3.05) is 43.1 Å². The van der Waals surface area contributed by atoms with Crippen molar-refractivity contribution in [1.82, 2.24) is 30.5 Å². The molecule has 6 rings (SSSR count). The number of hydrogen-bond acceptors (Lipinski definition) is 10. The van der Waals surface area contributed by atoms with Gasteiger partial charge in [-0.1, -0.05) is 24.3 Å². The third-order valence-electron chi connectivity index (χ3n) is 9.70. The molecule has 4 aromatic rings. The predicted octanol–water partition coefficient (Wildman–Crippen LogP) is 4.43. The number of morpholine rings is 1. The van der Waals surface area contributed by atoms with Crippen LogP contribution in [0.2, 0.25) is 0 Å². The molecule has 3 heterocycles. The first-order valence-electron chi connectivity index (χ1n) is 17.4. The molecule has 1 atom stereocenters. The number of aromatic nitrogens is 5. The molecule has 6 N–H and O–H groups in total. The molecule has 0 unspecified atom stereocenters. The average Bonchev–Trinajstić information content (AvgIpc) is 3.70. The zero-order chi connectivity index (χ0) is 38.5. The Bertz CT molecular complexity index is 1920. The molecular weight excluding hydrogens is 750 g/mol. The molecule has 2 fully saturated rings. The van der Waals surface area contributed by atoms with Gasteiger partial charge in [-0.25, -0.2) is 19.7 Å². The quantitative estimate of drug-likeness (QED) is 0.120. The highest BCUT2D eigenvalue weighted by Gasteiger charge is 2.66. The lowest BCUT2D eigenvalue weighted by Crippen LogP contribution is -2.48. The summed E-state index contributed by atoms with van der Waals surface area (Å²) in [6, 6.07) is 12.1. The van der Waals surface area contributed by atoms with Gasteiger partial charge >= 0.3 is 17.8 Å². The van der Waals surface area contributed by atoms with E-state index in [4.69, 9.17) is 15.6 Å². The van der Waals surface area contributed by atoms with Crippen molar-refractivity contribution in [3.05, 3.63) is 72.3 Å². The smallest absolute Gasteiger partial charge is 0.411 e. The van der Waals surface area contributed by atoms with Gasteiger partial charge in [0, 0.05) is 54.6 Å². The molecule has 2 aromatic carbocycles. The number of carbonyl (C=O) groups is 3. The maximum absolute atomic E-state index is 14.2. The standard InChI is InChI=1S/C36H39F4N9O5.ClH/c37-35(38,36(39,40)33(52)53)32-46-29(47-48-32)24-9-11-27(12-10-24)44-31(51)28(45-30(50)25-7-3-22(18-41)4-8-25)17-21-1-5-23(6-2-21)26-19-42-34(43-20-26)49-13-15-54-16-14-49;/h1-2,5-6,9-12,19-20,22,25,28H,3-4,7-8,13-18,41H2,(H,44,51)(H,45,50)(H,52,53)(H,46,47,48);1H/t22-,25-,28-;/m0./s1. The van der Waals surface area contributed by atoms with Crippen LogP contribution in [-0.2, 0) is 31.5 Å². The number of carboxylic acids is 1. The van der Waals surface area contributed by atoms with Gasteiger partial charge in [0.25, 0.3) is 0 Å². The summed E-state index contributed by atoms with van der Waals surface area (Å²) in [6.45, 7) is 3.24. The Hall–Kier alpha value is -5.20. The van der Waals surface area contributed by atoms with E-state index in [1.807, 2.05) is 24.3 Å². The summed E-state index contributed by atoms with van der Waals surface area (Å²) in [4.78, 5) is 52.3. The van der Waals surface area contributed by atoms with E-state index in [-0.39, 0.29) is 47.7 Å². The lowest BCUT2D eigenvalue weighted by Gasteiger charge is -2.28. The number of rotatable bonds is 13. The summed E-state index contributed by atoms with van der Waals surface area (Å²) in [7, 11) is 0. The molecule has 2 aliphatic rings. The van der Waals surface area contributed by atoms with Crippen LogP contribution < -0.4 is 21.3 Å². The molecule has 2 aromatic heterocycles. The summed E-state index contributed by atoms with van der Waals surface area (Å²) in [6.07, 6.45) is 6.63. The van der Waals surface area contributed by atoms with E-state index in [0.29, 0.717) is 44.5 Å². The first-order valence-corrected chi connectivity index (χ1v) is 17.4. The zero-order valence-corrected chi connectivity index (χ0v) is 30.2. The SMILES string of the molecule is Cl.NC[C@H]1CC[C@H](C(=O)N[C@@H](Cc2ccc(-c3cnc(N4CCOCC4)nc3)cc2)C(=O)Nc2ccc(-c3nc(C(F)(F)C(F)(F)C(=O)O)n[nH]3)cc2)CC1. The summed E-state index contributed by atoms with van der Waals surface area (Å²) in [5, 5.41) is 19.5. The number of ether oxygens (including phenoxy) is 1. The third kappa shape index (κ3) is 9.37. The van der Waals surface area contributed by atoms with Gasteiger partial charge in [0.05, 0.1) is 13.2 Å². The van der Waals surface area contributed by atoms with Crippen molar-refractivity contribution >= 4 is 41.8 Å². The van der Waals surface area contributed by atoms with E-state index in [2.05, 4.69) is 40.7 Å².